The lowest BCUT2D eigenvalue weighted by molar-refractivity contribution is 0.211. The van der Waals surface area contributed by atoms with Crippen molar-refractivity contribution in [3.8, 4) is 0 Å². The van der Waals surface area contributed by atoms with Crippen molar-refractivity contribution in [2.75, 3.05) is 24.3 Å². The summed E-state index contributed by atoms with van der Waals surface area (Å²) in [5.74, 6) is 0.243. The smallest absolute Gasteiger partial charge is 0.0847 e. The number of benzene rings is 2. The summed E-state index contributed by atoms with van der Waals surface area (Å²) in [6.07, 6.45) is -0.523. The molecule has 0 aliphatic heterocycles. The van der Waals surface area contributed by atoms with Crippen molar-refractivity contribution in [2.24, 2.45) is 0 Å². The number of nitrogens with one attached hydrogen (secondary N) is 1. The lowest BCUT2D eigenvalue weighted by atomic mass is 10.1. The molecule has 0 aliphatic carbocycles. The van der Waals surface area contributed by atoms with Crippen LogP contribution in [0.3, 0.4) is 0 Å². The Morgan fingerprint density at radius 3 is 2.43 bits per heavy atom. The van der Waals surface area contributed by atoms with E-state index in [9.17, 15) is 5.11 Å². The first-order valence-corrected chi connectivity index (χ1v) is 8.57. The van der Waals surface area contributed by atoms with Crippen LogP contribution in [0.15, 0.2) is 54.6 Å². The fraction of sp³-hybridized carbons (Fsp3) is 0.368. The van der Waals surface area contributed by atoms with Gasteiger partial charge in [-0.25, -0.2) is 0 Å². The SMILES string of the molecule is CCN(Cc1ccccc1)Cc1cccc(NCC(O)CCl)c1. The van der Waals surface area contributed by atoms with Crippen molar-refractivity contribution in [1.29, 1.82) is 0 Å². The molecule has 124 valence electrons. The molecule has 0 fully saturated rings. The zero-order valence-electron chi connectivity index (χ0n) is 13.6. The fourth-order valence-corrected chi connectivity index (χ4v) is 2.56. The van der Waals surface area contributed by atoms with Crippen molar-refractivity contribution in [1.82, 2.24) is 4.90 Å². The number of aliphatic hydroxyl groups excluding tert-OH is 1. The molecule has 2 aromatic rings. The van der Waals surface area contributed by atoms with Gasteiger partial charge >= 0.3 is 0 Å². The minimum Gasteiger partial charge on any atom is -0.390 e. The molecule has 23 heavy (non-hydrogen) atoms. The van der Waals surface area contributed by atoms with Gasteiger partial charge in [-0.15, -0.1) is 11.6 Å². The van der Waals surface area contributed by atoms with E-state index in [1.807, 2.05) is 18.2 Å². The second-order valence-electron chi connectivity index (χ2n) is 5.68. The average Bonchev–Trinajstić information content (AvgIpc) is 2.60. The maximum Gasteiger partial charge on any atom is 0.0847 e. The summed E-state index contributed by atoms with van der Waals surface area (Å²) in [6.45, 7) is 5.49. The van der Waals surface area contributed by atoms with E-state index in [1.54, 1.807) is 0 Å². The molecule has 0 amide bonds. The first kappa shape index (κ1) is 17.8. The number of alkyl halides is 1. The lowest BCUT2D eigenvalue weighted by Gasteiger charge is -2.21. The van der Waals surface area contributed by atoms with E-state index in [4.69, 9.17) is 11.6 Å². The molecule has 0 radical (unpaired) electrons. The van der Waals surface area contributed by atoms with Crippen molar-refractivity contribution < 1.29 is 5.11 Å². The summed E-state index contributed by atoms with van der Waals surface area (Å²) < 4.78 is 0. The maximum absolute atomic E-state index is 9.53. The van der Waals surface area contributed by atoms with Gasteiger partial charge in [0.05, 0.1) is 12.0 Å². The predicted octanol–water partition coefficient (Wildman–Crippen LogP) is 3.72. The predicted molar refractivity (Wildman–Crippen MR) is 97.9 cm³/mol. The van der Waals surface area contributed by atoms with Crippen LogP contribution in [-0.2, 0) is 13.1 Å². The van der Waals surface area contributed by atoms with Crippen molar-refractivity contribution in [2.45, 2.75) is 26.1 Å². The van der Waals surface area contributed by atoms with Crippen LogP contribution in [-0.4, -0.2) is 35.1 Å². The molecule has 0 heterocycles. The first-order chi connectivity index (χ1) is 11.2. The molecule has 0 spiro atoms. The summed E-state index contributed by atoms with van der Waals surface area (Å²) >= 11 is 5.62. The highest BCUT2D eigenvalue weighted by Gasteiger charge is 2.06. The number of aliphatic hydroxyl groups is 1. The third-order valence-corrected chi connectivity index (χ3v) is 4.11. The van der Waals surface area contributed by atoms with Gasteiger partial charge in [-0.2, -0.15) is 0 Å². The fourth-order valence-electron chi connectivity index (χ4n) is 2.45. The molecule has 3 nitrogen and oxygen atoms in total. The van der Waals surface area contributed by atoms with Crippen LogP contribution in [0.5, 0.6) is 0 Å². The lowest BCUT2D eigenvalue weighted by Crippen LogP contribution is -2.23. The molecule has 1 unspecified atom stereocenters. The van der Waals surface area contributed by atoms with Gasteiger partial charge in [0.2, 0.25) is 0 Å². The van der Waals surface area contributed by atoms with E-state index in [1.165, 1.54) is 11.1 Å². The summed E-state index contributed by atoms with van der Waals surface area (Å²) in [6, 6.07) is 18.9. The molecular formula is C19H25ClN2O. The van der Waals surface area contributed by atoms with Crippen LogP contribution in [0.1, 0.15) is 18.1 Å². The summed E-state index contributed by atoms with van der Waals surface area (Å²) in [5, 5.41) is 12.8. The highest BCUT2D eigenvalue weighted by molar-refractivity contribution is 6.18. The zero-order valence-corrected chi connectivity index (χ0v) is 14.3. The number of hydrogen-bond donors (Lipinski definition) is 2. The molecule has 2 aromatic carbocycles. The molecular weight excluding hydrogens is 308 g/mol. The third kappa shape index (κ3) is 6.22. The van der Waals surface area contributed by atoms with Gasteiger partial charge in [-0.3, -0.25) is 4.90 Å². The number of nitrogens with zero attached hydrogens (tertiary/aromatic N) is 1. The van der Waals surface area contributed by atoms with E-state index < -0.39 is 6.10 Å². The van der Waals surface area contributed by atoms with Crippen LogP contribution in [0.25, 0.3) is 0 Å². The maximum atomic E-state index is 9.53. The van der Waals surface area contributed by atoms with Crippen molar-refractivity contribution in [3.05, 3.63) is 65.7 Å². The summed E-state index contributed by atoms with van der Waals surface area (Å²) in [5.41, 5.74) is 3.60. The Hall–Kier alpha value is -1.55. The standard InChI is InChI=1S/C19H25ClN2O/c1-2-22(14-16-7-4-3-5-8-16)15-17-9-6-10-18(11-17)21-13-19(23)12-20/h3-11,19,21,23H,2,12-15H2,1H3. The van der Waals surface area contributed by atoms with Crippen LogP contribution >= 0.6 is 11.6 Å². The molecule has 0 aliphatic rings. The molecule has 0 saturated carbocycles. The second-order valence-corrected chi connectivity index (χ2v) is 5.99. The van der Waals surface area contributed by atoms with E-state index in [0.29, 0.717) is 6.54 Å². The number of hydrogen-bond acceptors (Lipinski definition) is 3. The quantitative estimate of drug-likeness (QED) is 0.687. The van der Waals surface area contributed by atoms with Crippen LogP contribution in [0, 0.1) is 0 Å². The second kappa shape index (κ2) is 9.56. The van der Waals surface area contributed by atoms with E-state index in [2.05, 4.69) is 53.5 Å². The first-order valence-electron chi connectivity index (χ1n) is 8.04. The Morgan fingerprint density at radius 1 is 1.04 bits per heavy atom. The molecule has 4 heteroatoms. The van der Waals surface area contributed by atoms with Gasteiger partial charge in [0.1, 0.15) is 0 Å². The number of halogens is 1. The highest BCUT2D eigenvalue weighted by Crippen LogP contribution is 2.14. The average molecular weight is 333 g/mol. The number of anilines is 1. The minimum absolute atomic E-state index is 0.243. The minimum atomic E-state index is -0.523. The van der Waals surface area contributed by atoms with Gasteiger partial charge in [-0.1, -0.05) is 49.4 Å². The molecule has 1 atom stereocenters. The van der Waals surface area contributed by atoms with Gasteiger partial charge in [0.15, 0.2) is 0 Å². The van der Waals surface area contributed by atoms with Crippen LogP contribution < -0.4 is 5.32 Å². The van der Waals surface area contributed by atoms with Crippen molar-refractivity contribution >= 4 is 17.3 Å². The van der Waals surface area contributed by atoms with Gasteiger partial charge in [0.25, 0.3) is 0 Å². The topological polar surface area (TPSA) is 35.5 Å². The summed E-state index contributed by atoms with van der Waals surface area (Å²) in [7, 11) is 0. The monoisotopic (exact) mass is 332 g/mol. The molecule has 2 N–H and O–H groups in total. The largest absolute Gasteiger partial charge is 0.390 e. The van der Waals surface area contributed by atoms with E-state index >= 15 is 0 Å². The Kier molecular flexibility index (Phi) is 7.40. The number of rotatable bonds is 9. The van der Waals surface area contributed by atoms with Gasteiger partial charge in [0, 0.05) is 25.3 Å². The molecule has 2 rings (SSSR count). The highest BCUT2D eigenvalue weighted by atomic mass is 35.5. The van der Waals surface area contributed by atoms with E-state index in [-0.39, 0.29) is 5.88 Å². The van der Waals surface area contributed by atoms with Crippen LogP contribution in [0.4, 0.5) is 5.69 Å². The Balaban J connectivity index is 1.95. The Labute approximate surface area is 143 Å². The van der Waals surface area contributed by atoms with Crippen LogP contribution in [0.2, 0.25) is 0 Å². The van der Waals surface area contributed by atoms with E-state index in [0.717, 1.165) is 25.3 Å². The molecule has 0 aromatic heterocycles. The van der Waals surface area contributed by atoms with Gasteiger partial charge < -0.3 is 10.4 Å². The zero-order chi connectivity index (χ0) is 16.5. The van der Waals surface area contributed by atoms with Crippen molar-refractivity contribution in [3.63, 3.8) is 0 Å². The van der Waals surface area contributed by atoms with Gasteiger partial charge in [-0.05, 0) is 29.8 Å². The molecule has 0 saturated heterocycles. The molecule has 0 bridgehead atoms. The normalized spacial score (nSPS) is 12.3. The Morgan fingerprint density at radius 2 is 1.74 bits per heavy atom. The third-order valence-electron chi connectivity index (χ3n) is 3.75. The Bertz CT molecular complexity index is 577. The summed E-state index contributed by atoms with van der Waals surface area (Å²) in [4.78, 5) is 2.40.